The first-order chi connectivity index (χ1) is 12.6. The van der Waals surface area contributed by atoms with Crippen LogP contribution in [0.25, 0.3) is 6.08 Å². The lowest BCUT2D eigenvalue weighted by molar-refractivity contribution is -0.133. The highest BCUT2D eigenvalue weighted by molar-refractivity contribution is 7.10. The lowest BCUT2D eigenvalue weighted by atomic mass is 10.0. The third kappa shape index (κ3) is 3.19. The summed E-state index contributed by atoms with van der Waals surface area (Å²) < 4.78 is 16.3. The minimum Gasteiger partial charge on any atom is -0.465 e. The predicted molar refractivity (Wildman–Crippen MR) is 96.5 cm³/mol. The molecular formula is C20H14O5S. The average molecular weight is 366 g/mol. The van der Waals surface area contributed by atoms with Crippen LogP contribution < -0.4 is 9.47 Å². The first kappa shape index (κ1) is 16.4. The van der Waals surface area contributed by atoms with Gasteiger partial charge in [0.25, 0.3) is 0 Å². The Morgan fingerprint density at radius 2 is 2.15 bits per heavy atom. The fourth-order valence-corrected chi connectivity index (χ4v) is 3.45. The summed E-state index contributed by atoms with van der Waals surface area (Å²) in [5, 5.41) is 1.91. The SMILES string of the molecule is Cc1cc(OC(=O)Cc2cccs2)cc2c1C(=O)/C(=C/c1ccco1)O2. The van der Waals surface area contributed by atoms with Gasteiger partial charge in [0, 0.05) is 17.0 Å². The summed E-state index contributed by atoms with van der Waals surface area (Å²) in [5.41, 5.74) is 1.16. The molecule has 0 N–H and O–H groups in total. The number of Topliss-reactive ketones (excluding diaryl/α,β-unsaturated/α-hetero) is 1. The van der Waals surface area contributed by atoms with Gasteiger partial charge >= 0.3 is 5.97 Å². The van der Waals surface area contributed by atoms with Crippen LogP contribution >= 0.6 is 11.3 Å². The number of ether oxygens (including phenoxy) is 2. The van der Waals surface area contributed by atoms with Crippen LogP contribution in [0, 0.1) is 6.92 Å². The number of furan rings is 1. The molecule has 1 aliphatic rings. The summed E-state index contributed by atoms with van der Waals surface area (Å²) in [6.45, 7) is 1.78. The van der Waals surface area contributed by atoms with Crippen LogP contribution in [0.15, 0.2) is 58.2 Å². The van der Waals surface area contributed by atoms with Gasteiger partial charge in [-0.3, -0.25) is 9.59 Å². The summed E-state index contributed by atoms with van der Waals surface area (Å²) in [6.07, 6.45) is 3.27. The van der Waals surface area contributed by atoms with Crippen molar-refractivity contribution >= 4 is 29.2 Å². The number of carbonyl (C=O) groups excluding carboxylic acids is 2. The molecule has 26 heavy (non-hydrogen) atoms. The van der Waals surface area contributed by atoms with E-state index in [1.807, 2.05) is 17.5 Å². The molecule has 4 rings (SSSR count). The van der Waals surface area contributed by atoms with E-state index in [0.717, 1.165) is 4.88 Å². The van der Waals surface area contributed by atoms with Crippen LogP contribution in [0.3, 0.4) is 0 Å². The number of hydrogen-bond acceptors (Lipinski definition) is 6. The van der Waals surface area contributed by atoms with E-state index in [2.05, 4.69) is 0 Å². The van der Waals surface area contributed by atoms with Gasteiger partial charge in [-0.15, -0.1) is 11.3 Å². The van der Waals surface area contributed by atoms with Crippen molar-refractivity contribution in [2.45, 2.75) is 13.3 Å². The molecule has 1 aromatic carbocycles. The molecule has 3 heterocycles. The van der Waals surface area contributed by atoms with E-state index in [1.54, 1.807) is 37.3 Å². The molecule has 6 heteroatoms. The molecule has 0 fully saturated rings. The maximum atomic E-state index is 12.5. The van der Waals surface area contributed by atoms with Gasteiger partial charge in [0.05, 0.1) is 18.2 Å². The zero-order chi connectivity index (χ0) is 18.1. The lowest BCUT2D eigenvalue weighted by Gasteiger charge is -2.07. The molecule has 3 aromatic rings. The van der Waals surface area contributed by atoms with Crippen molar-refractivity contribution in [1.82, 2.24) is 0 Å². The first-order valence-electron chi connectivity index (χ1n) is 7.95. The number of allylic oxidation sites excluding steroid dienone is 1. The summed E-state index contributed by atoms with van der Waals surface area (Å²) in [4.78, 5) is 25.6. The minimum atomic E-state index is -0.359. The van der Waals surface area contributed by atoms with Crippen molar-refractivity contribution in [3.63, 3.8) is 0 Å². The number of aryl methyl sites for hydroxylation is 1. The Hall–Kier alpha value is -3.12. The predicted octanol–water partition coefficient (Wildman–Crippen LogP) is 4.41. The number of benzene rings is 1. The van der Waals surface area contributed by atoms with Gasteiger partial charge in [-0.1, -0.05) is 6.07 Å². The van der Waals surface area contributed by atoms with Gasteiger partial charge in [-0.05, 0) is 42.1 Å². The molecule has 0 radical (unpaired) electrons. The van der Waals surface area contributed by atoms with Gasteiger partial charge in [0.1, 0.15) is 17.3 Å². The molecule has 0 saturated heterocycles. The van der Waals surface area contributed by atoms with E-state index in [0.29, 0.717) is 28.4 Å². The Morgan fingerprint density at radius 3 is 2.88 bits per heavy atom. The van der Waals surface area contributed by atoms with Gasteiger partial charge in [-0.25, -0.2) is 0 Å². The summed E-state index contributed by atoms with van der Waals surface area (Å²) in [7, 11) is 0. The number of thiophene rings is 1. The second-order valence-electron chi connectivity index (χ2n) is 5.80. The Balaban J connectivity index is 1.56. The van der Waals surface area contributed by atoms with Crippen LogP contribution in [-0.4, -0.2) is 11.8 Å². The van der Waals surface area contributed by atoms with Crippen molar-refractivity contribution in [1.29, 1.82) is 0 Å². The van der Waals surface area contributed by atoms with E-state index >= 15 is 0 Å². The first-order valence-corrected chi connectivity index (χ1v) is 8.83. The Labute approximate surface area is 153 Å². The number of fused-ring (bicyclic) bond motifs is 1. The van der Waals surface area contributed by atoms with Crippen LogP contribution in [0.4, 0.5) is 0 Å². The molecule has 0 unspecified atom stereocenters. The Kier molecular flexibility index (Phi) is 4.18. The van der Waals surface area contributed by atoms with Crippen molar-refractivity contribution in [2.75, 3.05) is 0 Å². The topological polar surface area (TPSA) is 65.7 Å². The van der Waals surface area contributed by atoms with Crippen LogP contribution in [0.5, 0.6) is 11.5 Å². The second-order valence-corrected chi connectivity index (χ2v) is 6.83. The van der Waals surface area contributed by atoms with Gasteiger partial charge in [0.2, 0.25) is 5.78 Å². The van der Waals surface area contributed by atoms with Crippen molar-refractivity contribution < 1.29 is 23.5 Å². The minimum absolute atomic E-state index is 0.181. The fourth-order valence-electron chi connectivity index (χ4n) is 2.76. The van der Waals surface area contributed by atoms with Crippen LogP contribution in [0.1, 0.15) is 26.6 Å². The van der Waals surface area contributed by atoms with Gasteiger partial charge in [-0.2, -0.15) is 0 Å². The van der Waals surface area contributed by atoms with Crippen LogP contribution in [0.2, 0.25) is 0 Å². The van der Waals surface area contributed by atoms with Gasteiger partial charge < -0.3 is 13.9 Å². The molecule has 0 amide bonds. The smallest absolute Gasteiger partial charge is 0.316 e. The van der Waals surface area contributed by atoms with E-state index in [4.69, 9.17) is 13.9 Å². The lowest BCUT2D eigenvalue weighted by Crippen LogP contribution is -2.10. The second kappa shape index (κ2) is 6.65. The maximum Gasteiger partial charge on any atom is 0.316 e. The zero-order valence-corrected chi connectivity index (χ0v) is 14.7. The highest BCUT2D eigenvalue weighted by Gasteiger charge is 2.30. The fraction of sp³-hybridized carbons (Fsp3) is 0.100. The third-order valence-corrected chi connectivity index (χ3v) is 4.77. The van der Waals surface area contributed by atoms with E-state index < -0.39 is 0 Å². The Morgan fingerprint density at radius 1 is 1.27 bits per heavy atom. The number of rotatable bonds is 4. The molecule has 0 atom stereocenters. The van der Waals surface area contributed by atoms with Crippen molar-refractivity contribution in [3.05, 3.63) is 75.6 Å². The normalized spacial score (nSPS) is 14.3. The maximum absolute atomic E-state index is 12.5. The number of esters is 1. The summed E-state index contributed by atoms with van der Waals surface area (Å²) in [6, 6.07) is 10.5. The molecule has 0 spiro atoms. The highest BCUT2D eigenvalue weighted by Crippen LogP contribution is 2.37. The van der Waals surface area contributed by atoms with E-state index in [9.17, 15) is 9.59 Å². The third-order valence-electron chi connectivity index (χ3n) is 3.89. The standard InChI is InChI=1S/C20H14O5S/c1-12-8-14(24-18(21)11-15-5-3-7-26-15)10-16-19(12)20(22)17(25-16)9-13-4-2-6-23-13/h2-10H,11H2,1H3/b17-9-. The van der Waals surface area contributed by atoms with Crippen molar-refractivity contribution in [2.24, 2.45) is 0 Å². The molecule has 0 aliphatic carbocycles. The zero-order valence-electron chi connectivity index (χ0n) is 13.9. The molecule has 0 bridgehead atoms. The van der Waals surface area contributed by atoms with E-state index in [-0.39, 0.29) is 23.9 Å². The molecule has 1 aliphatic heterocycles. The van der Waals surface area contributed by atoms with E-state index in [1.165, 1.54) is 17.6 Å². The monoisotopic (exact) mass is 366 g/mol. The van der Waals surface area contributed by atoms with Crippen molar-refractivity contribution in [3.8, 4) is 11.5 Å². The molecular weight excluding hydrogens is 352 g/mol. The molecule has 5 nitrogen and oxygen atoms in total. The molecule has 0 saturated carbocycles. The highest BCUT2D eigenvalue weighted by atomic mass is 32.1. The number of ketones is 1. The van der Waals surface area contributed by atoms with Gasteiger partial charge in [0.15, 0.2) is 5.76 Å². The summed E-state index contributed by atoms with van der Waals surface area (Å²) in [5.74, 6) is 0.871. The van der Waals surface area contributed by atoms with Crippen LogP contribution in [-0.2, 0) is 11.2 Å². The molecule has 2 aromatic heterocycles. The Bertz CT molecular complexity index is 997. The summed E-state index contributed by atoms with van der Waals surface area (Å²) >= 11 is 1.50. The largest absolute Gasteiger partial charge is 0.465 e. The average Bonchev–Trinajstić information content (AvgIpc) is 3.31. The number of carbonyl (C=O) groups is 2. The quantitative estimate of drug-likeness (QED) is 0.389. The molecule has 130 valence electrons. The number of hydrogen-bond donors (Lipinski definition) is 0.